The molecular formula is C20H15BrN2O2S. The fourth-order valence-corrected chi connectivity index (χ4v) is 3.47. The van der Waals surface area contributed by atoms with E-state index in [2.05, 4.69) is 27.3 Å². The molecule has 0 saturated heterocycles. The number of nitrogens with one attached hydrogen (secondary N) is 1. The average molecular weight is 427 g/mol. The molecule has 26 heavy (non-hydrogen) atoms. The third-order valence-electron chi connectivity index (χ3n) is 3.60. The van der Waals surface area contributed by atoms with Gasteiger partial charge in [0.2, 0.25) is 0 Å². The van der Waals surface area contributed by atoms with Crippen LogP contribution in [0.15, 0.2) is 70.0 Å². The zero-order chi connectivity index (χ0) is 18.4. The van der Waals surface area contributed by atoms with Gasteiger partial charge in [0.15, 0.2) is 6.61 Å². The standard InChI is InChI=1S/C20H15BrN2O2S/c21-16-7-5-15-12-17(8-6-14(15)11-16)25-13-20(24)23-18-3-1-2-4-19(18)26-10-9-22/h1-8,11-12H,10,13H2,(H,23,24). The maximum absolute atomic E-state index is 12.2. The number of amides is 1. The van der Waals surface area contributed by atoms with Gasteiger partial charge in [-0.2, -0.15) is 5.26 Å². The predicted octanol–water partition coefficient (Wildman–Crippen LogP) is 5.24. The SMILES string of the molecule is N#CCSc1ccccc1NC(=O)COc1ccc2cc(Br)ccc2c1. The summed E-state index contributed by atoms with van der Waals surface area (Å²) in [4.78, 5) is 13.1. The van der Waals surface area contributed by atoms with Crippen LogP contribution in [0, 0.1) is 11.3 Å². The van der Waals surface area contributed by atoms with Crippen LogP contribution < -0.4 is 10.1 Å². The van der Waals surface area contributed by atoms with Gasteiger partial charge < -0.3 is 10.1 Å². The molecular weight excluding hydrogens is 412 g/mol. The van der Waals surface area contributed by atoms with E-state index in [9.17, 15) is 4.79 Å². The van der Waals surface area contributed by atoms with Crippen molar-refractivity contribution < 1.29 is 9.53 Å². The van der Waals surface area contributed by atoms with Crippen molar-refractivity contribution in [3.05, 3.63) is 65.1 Å². The number of carbonyl (C=O) groups is 1. The number of benzene rings is 3. The molecule has 3 rings (SSSR count). The third-order valence-corrected chi connectivity index (χ3v) is 5.03. The Morgan fingerprint density at radius 3 is 2.73 bits per heavy atom. The molecule has 0 aromatic heterocycles. The third kappa shape index (κ3) is 4.78. The minimum atomic E-state index is -0.245. The molecule has 130 valence electrons. The summed E-state index contributed by atoms with van der Waals surface area (Å²) in [5.74, 6) is 0.726. The highest BCUT2D eigenvalue weighted by atomic mass is 79.9. The van der Waals surface area contributed by atoms with E-state index in [1.165, 1.54) is 11.8 Å². The molecule has 0 unspecified atom stereocenters. The van der Waals surface area contributed by atoms with E-state index in [1.54, 1.807) is 0 Å². The van der Waals surface area contributed by atoms with Crippen LogP contribution in [-0.2, 0) is 4.79 Å². The number of ether oxygens (including phenoxy) is 1. The maximum Gasteiger partial charge on any atom is 0.262 e. The Morgan fingerprint density at radius 2 is 1.88 bits per heavy atom. The lowest BCUT2D eigenvalue weighted by Gasteiger charge is -2.11. The number of anilines is 1. The summed E-state index contributed by atoms with van der Waals surface area (Å²) in [6.45, 7) is -0.0840. The van der Waals surface area contributed by atoms with Crippen LogP contribution in [0.25, 0.3) is 10.8 Å². The first kappa shape index (κ1) is 18.3. The van der Waals surface area contributed by atoms with Crippen molar-refractivity contribution in [1.82, 2.24) is 0 Å². The quantitative estimate of drug-likeness (QED) is 0.547. The highest BCUT2D eigenvalue weighted by Crippen LogP contribution is 2.27. The normalized spacial score (nSPS) is 10.3. The molecule has 3 aromatic carbocycles. The van der Waals surface area contributed by atoms with E-state index in [0.29, 0.717) is 17.2 Å². The van der Waals surface area contributed by atoms with Crippen molar-refractivity contribution >= 4 is 50.1 Å². The number of nitrogens with zero attached hydrogens (tertiary/aromatic N) is 1. The van der Waals surface area contributed by atoms with Gasteiger partial charge in [0.05, 0.1) is 17.5 Å². The number of rotatable bonds is 6. The molecule has 0 heterocycles. The number of hydrogen-bond donors (Lipinski definition) is 1. The van der Waals surface area contributed by atoms with E-state index in [-0.39, 0.29) is 12.5 Å². The van der Waals surface area contributed by atoms with Crippen LogP contribution in [-0.4, -0.2) is 18.3 Å². The topological polar surface area (TPSA) is 62.1 Å². The van der Waals surface area contributed by atoms with Gasteiger partial charge in [-0.15, -0.1) is 11.8 Å². The Balaban J connectivity index is 1.63. The largest absolute Gasteiger partial charge is 0.484 e. The fourth-order valence-electron chi connectivity index (χ4n) is 2.43. The molecule has 0 aliphatic rings. The van der Waals surface area contributed by atoms with Crippen molar-refractivity contribution in [3.8, 4) is 11.8 Å². The summed E-state index contributed by atoms with van der Waals surface area (Å²) in [7, 11) is 0. The molecule has 6 heteroatoms. The minimum Gasteiger partial charge on any atom is -0.484 e. The highest BCUT2D eigenvalue weighted by Gasteiger charge is 2.08. The van der Waals surface area contributed by atoms with Crippen LogP contribution in [0.2, 0.25) is 0 Å². The van der Waals surface area contributed by atoms with Crippen molar-refractivity contribution in [2.24, 2.45) is 0 Å². The number of fused-ring (bicyclic) bond motifs is 1. The smallest absolute Gasteiger partial charge is 0.262 e. The molecule has 1 amide bonds. The molecule has 0 fully saturated rings. The molecule has 0 bridgehead atoms. The lowest BCUT2D eigenvalue weighted by molar-refractivity contribution is -0.118. The molecule has 0 aliphatic carbocycles. The summed E-state index contributed by atoms with van der Waals surface area (Å²) >= 11 is 4.84. The van der Waals surface area contributed by atoms with Crippen LogP contribution >= 0.6 is 27.7 Å². The lowest BCUT2D eigenvalue weighted by Crippen LogP contribution is -2.20. The van der Waals surface area contributed by atoms with Crippen molar-refractivity contribution in [1.29, 1.82) is 5.26 Å². The van der Waals surface area contributed by atoms with Crippen molar-refractivity contribution in [3.63, 3.8) is 0 Å². The lowest BCUT2D eigenvalue weighted by atomic mass is 10.1. The number of carbonyl (C=O) groups excluding carboxylic acids is 1. The molecule has 3 aromatic rings. The first-order valence-corrected chi connectivity index (χ1v) is 9.64. The second kappa shape index (κ2) is 8.75. The van der Waals surface area contributed by atoms with Gasteiger partial charge in [-0.25, -0.2) is 0 Å². The Labute approximate surface area is 164 Å². The van der Waals surface area contributed by atoms with E-state index in [1.807, 2.05) is 60.7 Å². The Bertz CT molecular complexity index is 985. The molecule has 1 N–H and O–H groups in total. The molecule has 0 aliphatic heterocycles. The number of hydrogen-bond acceptors (Lipinski definition) is 4. The van der Waals surface area contributed by atoms with Crippen molar-refractivity contribution in [2.45, 2.75) is 4.90 Å². The highest BCUT2D eigenvalue weighted by molar-refractivity contribution is 9.10. The van der Waals surface area contributed by atoms with E-state index < -0.39 is 0 Å². The molecule has 0 atom stereocenters. The first-order chi connectivity index (χ1) is 12.7. The maximum atomic E-state index is 12.2. The Hall–Kier alpha value is -2.49. The van der Waals surface area contributed by atoms with E-state index in [0.717, 1.165) is 20.1 Å². The number of nitriles is 1. The summed E-state index contributed by atoms with van der Waals surface area (Å²) in [5.41, 5.74) is 0.685. The second-order valence-corrected chi connectivity index (χ2v) is 7.37. The van der Waals surface area contributed by atoms with Gasteiger partial charge in [-0.3, -0.25) is 4.79 Å². The van der Waals surface area contributed by atoms with E-state index >= 15 is 0 Å². The number of halogens is 1. The van der Waals surface area contributed by atoms with Gasteiger partial charge >= 0.3 is 0 Å². The van der Waals surface area contributed by atoms with Crippen LogP contribution in [0.3, 0.4) is 0 Å². The van der Waals surface area contributed by atoms with Gasteiger partial charge in [-0.1, -0.05) is 40.2 Å². The Kier molecular flexibility index (Phi) is 6.16. The van der Waals surface area contributed by atoms with Crippen LogP contribution in [0.5, 0.6) is 5.75 Å². The van der Waals surface area contributed by atoms with Gasteiger partial charge in [0, 0.05) is 9.37 Å². The zero-order valence-corrected chi connectivity index (χ0v) is 16.1. The van der Waals surface area contributed by atoms with E-state index in [4.69, 9.17) is 10.00 Å². The summed E-state index contributed by atoms with van der Waals surface area (Å²) in [6.07, 6.45) is 0. The second-order valence-electron chi connectivity index (χ2n) is 5.43. The molecule has 0 radical (unpaired) electrons. The Morgan fingerprint density at radius 1 is 1.12 bits per heavy atom. The van der Waals surface area contributed by atoms with Crippen molar-refractivity contribution in [2.75, 3.05) is 17.7 Å². The average Bonchev–Trinajstić information content (AvgIpc) is 2.65. The molecule has 0 spiro atoms. The molecule has 0 saturated carbocycles. The number of thioether (sulfide) groups is 1. The molecule has 4 nitrogen and oxygen atoms in total. The van der Waals surface area contributed by atoms with Gasteiger partial charge in [-0.05, 0) is 47.2 Å². The minimum absolute atomic E-state index is 0.0840. The number of para-hydroxylation sites is 1. The fraction of sp³-hybridized carbons (Fsp3) is 0.100. The van der Waals surface area contributed by atoms with Crippen LogP contribution in [0.4, 0.5) is 5.69 Å². The van der Waals surface area contributed by atoms with Gasteiger partial charge in [0.25, 0.3) is 5.91 Å². The monoisotopic (exact) mass is 426 g/mol. The predicted molar refractivity (Wildman–Crippen MR) is 109 cm³/mol. The van der Waals surface area contributed by atoms with Crippen LogP contribution in [0.1, 0.15) is 0 Å². The first-order valence-electron chi connectivity index (χ1n) is 7.86. The zero-order valence-electron chi connectivity index (χ0n) is 13.7. The summed E-state index contributed by atoms with van der Waals surface area (Å²) in [6, 6.07) is 21.2. The summed E-state index contributed by atoms with van der Waals surface area (Å²) < 4.78 is 6.64. The van der Waals surface area contributed by atoms with Gasteiger partial charge in [0.1, 0.15) is 5.75 Å². The summed E-state index contributed by atoms with van der Waals surface area (Å²) in [5, 5.41) is 13.7.